The highest BCUT2D eigenvalue weighted by molar-refractivity contribution is 5.37. The van der Waals surface area contributed by atoms with Crippen molar-refractivity contribution in [1.82, 2.24) is 0 Å². The fourth-order valence-electron chi connectivity index (χ4n) is 1.26. The molecule has 0 heterocycles. The molecule has 1 atom stereocenters. The maximum absolute atomic E-state index is 10.5. The molecule has 0 spiro atoms. The van der Waals surface area contributed by atoms with Gasteiger partial charge in [-0.05, 0) is 12.0 Å². The van der Waals surface area contributed by atoms with Crippen molar-refractivity contribution in [2.75, 3.05) is 0 Å². The minimum absolute atomic E-state index is 0.0381. The van der Waals surface area contributed by atoms with Crippen molar-refractivity contribution in [2.45, 2.75) is 19.3 Å². The summed E-state index contributed by atoms with van der Waals surface area (Å²) in [5.41, 5.74) is 0.750. The SMILES string of the molecule is CCC(C#N)c1cccc([N+](=O)[O-])c1. The van der Waals surface area contributed by atoms with E-state index in [0.717, 1.165) is 0 Å². The molecule has 0 aliphatic rings. The molecule has 14 heavy (non-hydrogen) atoms. The normalized spacial score (nSPS) is 11.7. The van der Waals surface area contributed by atoms with Gasteiger partial charge in [-0.1, -0.05) is 19.1 Å². The molecule has 4 nitrogen and oxygen atoms in total. The summed E-state index contributed by atoms with van der Waals surface area (Å²) in [4.78, 5) is 10.0. The number of nitriles is 1. The van der Waals surface area contributed by atoms with Gasteiger partial charge in [0.25, 0.3) is 5.69 Å². The smallest absolute Gasteiger partial charge is 0.258 e. The third-order valence-electron chi connectivity index (χ3n) is 2.05. The van der Waals surface area contributed by atoms with Gasteiger partial charge >= 0.3 is 0 Å². The van der Waals surface area contributed by atoms with Crippen LogP contribution < -0.4 is 0 Å². The molecule has 4 heteroatoms. The number of hydrogen-bond donors (Lipinski definition) is 0. The molecule has 1 rings (SSSR count). The van der Waals surface area contributed by atoms with Crippen molar-refractivity contribution in [3.63, 3.8) is 0 Å². The molecule has 0 saturated carbocycles. The molecular formula is C10H10N2O2. The van der Waals surface area contributed by atoms with Crippen LogP contribution in [0.3, 0.4) is 0 Å². The lowest BCUT2D eigenvalue weighted by molar-refractivity contribution is -0.384. The number of benzene rings is 1. The van der Waals surface area contributed by atoms with E-state index in [4.69, 9.17) is 5.26 Å². The average molecular weight is 190 g/mol. The van der Waals surface area contributed by atoms with Crippen molar-refractivity contribution in [3.05, 3.63) is 39.9 Å². The molecule has 1 unspecified atom stereocenters. The van der Waals surface area contributed by atoms with Gasteiger partial charge in [-0.3, -0.25) is 10.1 Å². The van der Waals surface area contributed by atoms with E-state index in [2.05, 4.69) is 6.07 Å². The van der Waals surface area contributed by atoms with Gasteiger partial charge in [0.1, 0.15) is 0 Å². The summed E-state index contributed by atoms with van der Waals surface area (Å²) in [5, 5.41) is 19.3. The van der Waals surface area contributed by atoms with E-state index in [0.29, 0.717) is 12.0 Å². The largest absolute Gasteiger partial charge is 0.269 e. The van der Waals surface area contributed by atoms with E-state index in [1.165, 1.54) is 12.1 Å². The fraction of sp³-hybridized carbons (Fsp3) is 0.300. The Balaban J connectivity index is 3.06. The quantitative estimate of drug-likeness (QED) is 0.543. The first-order chi connectivity index (χ1) is 6.69. The molecule has 1 aromatic rings. The Labute approximate surface area is 81.9 Å². The Bertz CT molecular complexity index is 382. The third kappa shape index (κ3) is 2.07. The van der Waals surface area contributed by atoms with Crippen molar-refractivity contribution in [3.8, 4) is 6.07 Å². The topological polar surface area (TPSA) is 66.9 Å². The second-order valence-corrected chi connectivity index (χ2v) is 2.94. The second-order valence-electron chi connectivity index (χ2n) is 2.94. The van der Waals surface area contributed by atoms with Gasteiger partial charge in [0, 0.05) is 12.1 Å². The first-order valence-electron chi connectivity index (χ1n) is 4.33. The number of nitrogens with zero attached hydrogens (tertiary/aromatic N) is 2. The van der Waals surface area contributed by atoms with Crippen LogP contribution in [0.1, 0.15) is 24.8 Å². The van der Waals surface area contributed by atoms with Crippen LogP contribution in [-0.4, -0.2) is 4.92 Å². The van der Waals surface area contributed by atoms with Crippen molar-refractivity contribution < 1.29 is 4.92 Å². The monoisotopic (exact) mass is 190 g/mol. The highest BCUT2D eigenvalue weighted by Gasteiger charge is 2.11. The maximum Gasteiger partial charge on any atom is 0.269 e. The standard InChI is InChI=1S/C10H10N2O2/c1-2-8(7-11)9-4-3-5-10(6-9)12(13)14/h3-6,8H,2H2,1H3. The van der Waals surface area contributed by atoms with E-state index < -0.39 is 4.92 Å². The Morgan fingerprint density at radius 3 is 2.86 bits per heavy atom. The zero-order valence-electron chi connectivity index (χ0n) is 7.80. The van der Waals surface area contributed by atoms with E-state index in [1.807, 2.05) is 6.92 Å². The summed E-state index contributed by atoms with van der Waals surface area (Å²) in [6.45, 7) is 1.88. The number of rotatable bonds is 3. The lowest BCUT2D eigenvalue weighted by Gasteiger charge is -2.04. The number of nitro benzene ring substituents is 1. The van der Waals surface area contributed by atoms with Gasteiger partial charge < -0.3 is 0 Å². The Morgan fingerprint density at radius 2 is 2.36 bits per heavy atom. The van der Waals surface area contributed by atoms with Crippen LogP contribution in [0.5, 0.6) is 0 Å². The molecule has 0 amide bonds. The van der Waals surface area contributed by atoms with Gasteiger partial charge in [-0.25, -0.2) is 0 Å². The predicted octanol–water partition coefficient (Wildman–Crippen LogP) is 2.61. The number of hydrogen-bond acceptors (Lipinski definition) is 3. The highest BCUT2D eigenvalue weighted by atomic mass is 16.6. The van der Waals surface area contributed by atoms with Crippen LogP contribution in [0, 0.1) is 21.4 Å². The lowest BCUT2D eigenvalue weighted by Crippen LogP contribution is -1.95. The Hall–Kier alpha value is -1.89. The van der Waals surface area contributed by atoms with Crippen LogP contribution in [0.15, 0.2) is 24.3 Å². The van der Waals surface area contributed by atoms with Gasteiger partial charge in [-0.2, -0.15) is 5.26 Å². The van der Waals surface area contributed by atoms with Gasteiger partial charge in [0.2, 0.25) is 0 Å². The summed E-state index contributed by atoms with van der Waals surface area (Å²) in [7, 11) is 0. The van der Waals surface area contributed by atoms with Crippen LogP contribution in [0.4, 0.5) is 5.69 Å². The molecule has 0 radical (unpaired) electrons. The van der Waals surface area contributed by atoms with Crippen molar-refractivity contribution in [2.24, 2.45) is 0 Å². The van der Waals surface area contributed by atoms with Crippen LogP contribution in [0.25, 0.3) is 0 Å². The molecule has 0 N–H and O–H groups in total. The van der Waals surface area contributed by atoms with Crippen molar-refractivity contribution >= 4 is 5.69 Å². The second kappa shape index (κ2) is 4.38. The zero-order valence-corrected chi connectivity index (χ0v) is 7.80. The average Bonchev–Trinajstić information content (AvgIpc) is 2.20. The molecule has 1 aromatic carbocycles. The number of nitro groups is 1. The Kier molecular flexibility index (Phi) is 3.19. The van der Waals surface area contributed by atoms with Gasteiger partial charge in [0.05, 0.1) is 16.9 Å². The molecular weight excluding hydrogens is 180 g/mol. The minimum Gasteiger partial charge on any atom is -0.258 e. The Morgan fingerprint density at radius 1 is 1.64 bits per heavy atom. The van der Waals surface area contributed by atoms with Gasteiger partial charge in [0.15, 0.2) is 0 Å². The molecule has 0 bridgehead atoms. The summed E-state index contributed by atoms with van der Waals surface area (Å²) < 4.78 is 0. The third-order valence-corrected chi connectivity index (χ3v) is 2.05. The zero-order chi connectivity index (χ0) is 10.6. The molecule has 0 aliphatic heterocycles. The fourth-order valence-corrected chi connectivity index (χ4v) is 1.26. The summed E-state index contributed by atoms with van der Waals surface area (Å²) in [6, 6.07) is 8.34. The van der Waals surface area contributed by atoms with E-state index >= 15 is 0 Å². The predicted molar refractivity (Wildman–Crippen MR) is 51.7 cm³/mol. The van der Waals surface area contributed by atoms with Crippen molar-refractivity contribution in [1.29, 1.82) is 5.26 Å². The van der Waals surface area contributed by atoms with Crippen LogP contribution in [-0.2, 0) is 0 Å². The van der Waals surface area contributed by atoms with Crippen LogP contribution in [0.2, 0.25) is 0 Å². The van der Waals surface area contributed by atoms with Gasteiger partial charge in [-0.15, -0.1) is 0 Å². The summed E-state index contributed by atoms with van der Waals surface area (Å²) >= 11 is 0. The van der Waals surface area contributed by atoms with E-state index in [1.54, 1.807) is 12.1 Å². The minimum atomic E-state index is -0.451. The summed E-state index contributed by atoms with van der Waals surface area (Å²) in [6.07, 6.45) is 0.664. The highest BCUT2D eigenvalue weighted by Crippen LogP contribution is 2.22. The molecule has 0 fully saturated rings. The van der Waals surface area contributed by atoms with Crippen LogP contribution >= 0.6 is 0 Å². The summed E-state index contributed by atoms with van der Waals surface area (Å²) in [5.74, 6) is -0.255. The first-order valence-corrected chi connectivity index (χ1v) is 4.33. The van der Waals surface area contributed by atoms with E-state index in [9.17, 15) is 10.1 Å². The number of non-ortho nitro benzene ring substituents is 1. The molecule has 72 valence electrons. The molecule has 0 aromatic heterocycles. The lowest BCUT2D eigenvalue weighted by atomic mass is 9.98. The maximum atomic E-state index is 10.5. The van der Waals surface area contributed by atoms with E-state index in [-0.39, 0.29) is 11.6 Å². The molecule has 0 saturated heterocycles. The molecule has 0 aliphatic carbocycles. The first kappa shape index (κ1) is 10.2.